The van der Waals surface area contributed by atoms with Crippen LogP contribution in [0.4, 0.5) is 0 Å². The Morgan fingerprint density at radius 3 is 2.88 bits per heavy atom. The molecule has 82 valence electrons. The predicted molar refractivity (Wildman–Crippen MR) is 60.8 cm³/mol. The number of Topliss-reactive ketones (excluding diaryl/α,β-unsaturated/α-hetero) is 1. The smallest absolute Gasteiger partial charge is 0.162 e. The van der Waals surface area contributed by atoms with Crippen LogP contribution in [0.1, 0.15) is 12.5 Å². The quantitative estimate of drug-likeness (QED) is 0.336. The van der Waals surface area contributed by atoms with Crippen molar-refractivity contribution in [3.05, 3.63) is 46.0 Å². The topological polar surface area (TPSA) is 75.1 Å². The van der Waals surface area contributed by atoms with E-state index in [9.17, 15) is 4.79 Å². The molecule has 0 amide bonds. The molecule has 0 radical (unpaired) electrons. The summed E-state index contributed by atoms with van der Waals surface area (Å²) < 4.78 is 5.04. The van der Waals surface area contributed by atoms with Gasteiger partial charge in [0.25, 0.3) is 0 Å². The maximum atomic E-state index is 11.1. The molecule has 0 saturated heterocycles. The molecule has 0 aromatic heterocycles. The molecule has 0 saturated carbocycles. The Morgan fingerprint density at radius 2 is 2.31 bits per heavy atom. The lowest BCUT2D eigenvalue weighted by Crippen LogP contribution is -1.92. The highest BCUT2D eigenvalue weighted by Crippen LogP contribution is 2.16. The van der Waals surface area contributed by atoms with Crippen molar-refractivity contribution in [2.75, 3.05) is 7.11 Å². The Labute approximate surface area is 93.0 Å². The monoisotopic (exact) mass is 217 g/mol. The van der Waals surface area contributed by atoms with Gasteiger partial charge in [-0.3, -0.25) is 4.79 Å². The molecule has 5 heteroatoms. The number of methoxy groups -OCH3 is 1. The number of carbonyl (C=O) groups excluding carboxylic acids is 1. The molecule has 5 nitrogen and oxygen atoms in total. The number of azide groups is 1. The standard InChI is InChI=1S/C11H11N3O2/c1-8(15)11(13-14-12)7-9-4-3-5-10(6-9)16-2/h3-7H,1-2H3/b11-7+. The summed E-state index contributed by atoms with van der Waals surface area (Å²) in [6.45, 7) is 1.35. The van der Waals surface area contributed by atoms with Gasteiger partial charge in [0.2, 0.25) is 0 Å². The lowest BCUT2D eigenvalue weighted by molar-refractivity contribution is -0.113. The van der Waals surface area contributed by atoms with Gasteiger partial charge in [0, 0.05) is 4.91 Å². The van der Waals surface area contributed by atoms with E-state index in [4.69, 9.17) is 10.3 Å². The number of allylic oxidation sites excluding steroid dienone is 1. The van der Waals surface area contributed by atoms with Crippen molar-refractivity contribution in [2.45, 2.75) is 6.92 Å². The molecule has 1 rings (SSSR count). The van der Waals surface area contributed by atoms with Crippen molar-refractivity contribution in [3.8, 4) is 5.75 Å². The molecule has 0 atom stereocenters. The fourth-order valence-electron chi connectivity index (χ4n) is 1.14. The molecule has 0 fully saturated rings. The van der Waals surface area contributed by atoms with Crippen LogP contribution in [0.25, 0.3) is 16.5 Å². The Balaban J connectivity index is 3.12. The van der Waals surface area contributed by atoms with Crippen molar-refractivity contribution in [2.24, 2.45) is 5.11 Å². The fourth-order valence-corrected chi connectivity index (χ4v) is 1.14. The van der Waals surface area contributed by atoms with Crippen molar-refractivity contribution in [1.29, 1.82) is 0 Å². The summed E-state index contributed by atoms with van der Waals surface area (Å²) in [5.74, 6) is 0.401. The van der Waals surface area contributed by atoms with Crippen molar-refractivity contribution in [1.82, 2.24) is 0 Å². The minimum atomic E-state index is -0.277. The molecular weight excluding hydrogens is 206 g/mol. The van der Waals surface area contributed by atoms with E-state index in [0.717, 1.165) is 5.56 Å². The zero-order chi connectivity index (χ0) is 12.0. The molecule has 0 aliphatic rings. The molecule has 1 aromatic carbocycles. The van der Waals surface area contributed by atoms with Gasteiger partial charge in [-0.05, 0) is 36.2 Å². The number of hydrogen-bond acceptors (Lipinski definition) is 3. The summed E-state index contributed by atoms with van der Waals surface area (Å²) in [7, 11) is 1.56. The van der Waals surface area contributed by atoms with Crippen LogP contribution < -0.4 is 4.74 Å². The first-order valence-corrected chi connectivity index (χ1v) is 4.59. The van der Waals surface area contributed by atoms with Gasteiger partial charge in [-0.1, -0.05) is 17.2 Å². The second-order valence-electron chi connectivity index (χ2n) is 3.05. The highest BCUT2D eigenvalue weighted by Gasteiger charge is 2.01. The second-order valence-corrected chi connectivity index (χ2v) is 3.05. The van der Waals surface area contributed by atoms with Gasteiger partial charge in [-0.2, -0.15) is 0 Å². The zero-order valence-corrected chi connectivity index (χ0v) is 9.04. The Bertz CT molecular complexity index is 470. The maximum Gasteiger partial charge on any atom is 0.162 e. The van der Waals surface area contributed by atoms with E-state index >= 15 is 0 Å². The summed E-state index contributed by atoms with van der Waals surface area (Å²) in [5, 5.41) is 3.33. The predicted octanol–water partition coefficient (Wildman–Crippen LogP) is 2.94. The Morgan fingerprint density at radius 1 is 1.56 bits per heavy atom. The summed E-state index contributed by atoms with van der Waals surface area (Å²) in [6, 6.07) is 7.12. The third-order valence-corrected chi connectivity index (χ3v) is 1.91. The molecule has 0 bridgehead atoms. The normalized spacial score (nSPS) is 10.5. The molecule has 0 aliphatic heterocycles. The van der Waals surface area contributed by atoms with Crippen LogP contribution in [0.2, 0.25) is 0 Å². The average Bonchev–Trinajstić information content (AvgIpc) is 2.28. The number of rotatable bonds is 4. The number of benzene rings is 1. The van der Waals surface area contributed by atoms with Crippen LogP contribution in [0, 0.1) is 0 Å². The van der Waals surface area contributed by atoms with Gasteiger partial charge in [-0.15, -0.1) is 0 Å². The van der Waals surface area contributed by atoms with Gasteiger partial charge in [0.05, 0.1) is 12.8 Å². The fraction of sp³-hybridized carbons (Fsp3) is 0.182. The van der Waals surface area contributed by atoms with Gasteiger partial charge in [0.15, 0.2) is 5.78 Å². The summed E-state index contributed by atoms with van der Waals surface area (Å²) in [4.78, 5) is 13.7. The van der Waals surface area contributed by atoms with E-state index in [2.05, 4.69) is 10.0 Å². The van der Waals surface area contributed by atoms with Crippen LogP contribution in [0.5, 0.6) is 5.75 Å². The van der Waals surface area contributed by atoms with Gasteiger partial charge < -0.3 is 4.74 Å². The van der Waals surface area contributed by atoms with Crippen LogP contribution >= 0.6 is 0 Å². The number of carbonyl (C=O) groups is 1. The highest BCUT2D eigenvalue weighted by molar-refractivity contribution is 5.97. The first-order valence-electron chi connectivity index (χ1n) is 4.59. The minimum absolute atomic E-state index is 0.0794. The van der Waals surface area contributed by atoms with Gasteiger partial charge >= 0.3 is 0 Å². The third kappa shape index (κ3) is 3.15. The van der Waals surface area contributed by atoms with E-state index in [1.807, 2.05) is 0 Å². The molecule has 16 heavy (non-hydrogen) atoms. The first kappa shape index (κ1) is 11.8. The molecule has 0 aliphatic carbocycles. The summed E-state index contributed by atoms with van der Waals surface area (Å²) >= 11 is 0. The van der Waals surface area contributed by atoms with E-state index < -0.39 is 0 Å². The van der Waals surface area contributed by atoms with E-state index in [0.29, 0.717) is 5.75 Å². The van der Waals surface area contributed by atoms with Gasteiger partial charge in [0.1, 0.15) is 5.75 Å². The van der Waals surface area contributed by atoms with Crippen molar-refractivity contribution < 1.29 is 9.53 Å². The first-order chi connectivity index (χ1) is 7.67. The number of hydrogen-bond donors (Lipinski definition) is 0. The summed E-state index contributed by atoms with van der Waals surface area (Å²) in [6.07, 6.45) is 1.52. The van der Waals surface area contributed by atoms with Crippen LogP contribution in [0.3, 0.4) is 0 Å². The van der Waals surface area contributed by atoms with Crippen LogP contribution in [-0.4, -0.2) is 12.9 Å². The largest absolute Gasteiger partial charge is 0.497 e. The zero-order valence-electron chi connectivity index (χ0n) is 9.04. The van der Waals surface area contributed by atoms with Crippen LogP contribution in [0.15, 0.2) is 35.1 Å². The lowest BCUT2D eigenvalue weighted by atomic mass is 10.1. The molecule has 0 unspecified atom stereocenters. The SMILES string of the molecule is COc1cccc(/C=C(/N=[N+]=[N-])C(C)=O)c1. The number of nitrogens with zero attached hydrogens (tertiary/aromatic N) is 3. The Hall–Kier alpha value is -2.26. The Kier molecular flexibility index (Phi) is 4.12. The van der Waals surface area contributed by atoms with Crippen LogP contribution in [-0.2, 0) is 4.79 Å². The number of ether oxygens (including phenoxy) is 1. The summed E-state index contributed by atoms with van der Waals surface area (Å²) in [5.41, 5.74) is 9.13. The van der Waals surface area contributed by atoms with E-state index in [1.165, 1.54) is 13.0 Å². The van der Waals surface area contributed by atoms with E-state index in [1.54, 1.807) is 31.4 Å². The molecule has 0 heterocycles. The molecule has 0 spiro atoms. The number of ketones is 1. The minimum Gasteiger partial charge on any atom is -0.497 e. The van der Waals surface area contributed by atoms with E-state index in [-0.39, 0.29) is 11.5 Å². The van der Waals surface area contributed by atoms with Gasteiger partial charge in [-0.25, -0.2) is 0 Å². The second kappa shape index (κ2) is 5.58. The lowest BCUT2D eigenvalue weighted by Gasteiger charge is -2.01. The molecule has 1 aromatic rings. The highest BCUT2D eigenvalue weighted by atomic mass is 16.5. The van der Waals surface area contributed by atoms with Crippen molar-refractivity contribution in [3.63, 3.8) is 0 Å². The van der Waals surface area contributed by atoms with Crippen molar-refractivity contribution >= 4 is 11.9 Å². The molecular formula is C11H11N3O2. The maximum absolute atomic E-state index is 11.1. The third-order valence-electron chi connectivity index (χ3n) is 1.91. The average molecular weight is 217 g/mol. The molecule has 0 N–H and O–H groups in total.